The minimum Gasteiger partial charge on any atom is -0.465 e. The fourth-order valence-electron chi connectivity index (χ4n) is 2.58. The second kappa shape index (κ2) is 6.52. The molecule has 0 radical (unpaired) electrons. The van der Waals surface area contributed by atoms with E-state index < -0.39 is 0 Å². The summed E-state index contributed by atoms with van der Waals surface area (Å²) in [5.74, 6) is 3.11. The number of hydrogen-bond acceptors (Lipinski definition) is 5. The van der Waals surface area contributed by atoms with Crippen molar-refractivity contribution in [2.24, 2.45) is 5.92 Å². The van der Waals surface area contributed by atoms with Gasteiger partial charge in [0, 0.05) is 25.4 Å². The Morgan fingerprint density at radius 1 is 1.48 bits per heavy atom. The molecule has 0 spiro atoms. The Balaban J connectivity index is 1.73. The third kappa shape index (κ3) is 3.78. The van der Waals surface area contributed by atoms with E-state index >= 15 is 0 Å². The molecule has 0 aromatic carbocycles. The second-order valence-electron chi connectivity index (χ2n) is 6.55. The van der Waals surface area contributed by atoms with E-state index in [0.29, 0.717) is 36.0 Å². The maximum absolute atomic E-state index is 12.9. The standard InChI is InChI=1S/C16H23N5O2/c1-10(2)14-8-13(11(3)23-14)16(22)21(9-12-4-5-12)7-6-15-17-19-20-18-15/h8,10,12H,4-7,9H2,1-3H3,(H,17,18,19,20). The molecule has 1 fully saturated rings. The number of furan rings is 1. The first-order valence-corrected chi connectivity index (χ1v) is 8.16. The van der Waals surface area contributed by atoms with E-state index in [4.69, 9.17) is 4.42 Å². The summed E-state index contributed by atoms with van der Waals surface area (Å²) in [6.07, 6.45) is 3.00. The van der Waals surface area contributed by atoms with E-state index in [2.05, 4.69) is 34.5 Å². The Labute approximate surface area is 135 Å². The molecule has 2 heterocycles. The number of carbonyl (C=O) groups excluding carboxylic acids is 1. The molecule has 0 saturated heterocycles. The number of aromatic nitrogens is 4. The summed E-state index contributed by atoms with van der Waals surface area (Å²) in [5.41, 5.74) is 0.669. The van der Waals surface area contributed by atoms with Gasteiger partial charge in [0.25, 0.3) is 5.91 Å². The molecular weight excluding hydrogens is 294 g/mol. The first-order valence-electron chi connectivity index (χ1n) is 8.16. The van der Waals surface area contributed by atoms with Crippen molar-refractivity contribution in [2.75, 3.05) is 13.1 Å². The Hall–Kier alpha value is -2.18. The van der Waals surface area contributed by atoms with Crippen LogP contribution in [-0.2, 0) is 6.42 Å². The topological polar surface area (TPSA) is 87.9 Å². The van der Waals surface area contributed by atoms with Gasteiger partial charge in [-0.05, 0) is 31.7 Å². The molecule has 3 rings (SSSR count). The van der Waals surface area contributed by atoms with Crippen LogP contribution in [0.3, 0.4) is 0 Å². The average Bonchev–Trinajstić information content (AvgIpc) is 3.02. The van der Waals surface area contributed by atoms with Crippen LogP contribution in [0.4, 0.5) is 0 Å². The van der Waals surface area contributed by atoms with Crippen LogP contribution >= 0.6 is 0 Å². The van der Waals surface area contributed by atoms with Crippen LogP contribution in [0.2, 0.25) is 0 Å². The third-order valence-corrected chi connectivity index (χ3v) is 4.19. The zero-order chi connectivity index (χ0) is 16.4. The van der Waals surface area contributed by atoms with Gasteiger partial charge in [0.2, 0.25) is 0 Å². The lowest BCUT2D eigenvalue weighted by Gasteiger charge is -2.21. The van der Waals surface area contributed by atoms with E-state index in [1.54, 1.807) is 0 Å². The Morgan fingerprint density at radius 3 is 2.83 bits per heavy atom. The van der Waals surface area contributed by atoms with Crippen LogP contribution in [0.25, 0.3) is 0 Å². The molecule has 2 aromatic heterocycles. The molecule has 0 atom stereocenters. The van der Waals surface area contributed by atoms with E-state index in [1.807, 2.05) is 17.9 Å². The van der Waals surface area contributed by atoms with Gasteiger partial charge in [-0.2, -0.15) is 5.21 Å². The van der Waals surface area contributed by atoms with Crippen molar-refractivity contribution in [3.05, 3.63) is 29.0 Å². The third-order valence-electron chi connectivity index (χ3n) is 4.19. The van der Waals surface area contributed by atoms with E-state index in [9.17, 15) is 4.79 Å². The lowest BCUT2D eigenvalue weighted by molar-refractivity contribution is 0.0747. The quantitative estimate of drug-likeness (QED) is 0.846. The normalized spacial score (nSPS) is 14.4. The molecule has 23 heavy (non-hydrogen) atoms. The van der Waals surface area contributed by atoms with Gasteiger partial charge in [-0.3, -0.25) is 4.79 Å². The maximum Gasteiger partial charge on any atom is 0.257 e. The van der Waals surface area contributed by atoms with Gasteiger partial charge >= 0.3 is 0 Å². The van der Waals surface area contributed by atoms with Gasteiger partial charge < -0.3 is 9.32 Å². The fourth-order valence-corrected chi connectivity index (χ4v) is 2.58. The predicted molar refractivity (Wildman–Crippen MR) is 84.0 cm³/mol. The molecule has 1 aliphatic rings. The number of aryl methyl sites for hydroxylation is 1. The molecule has 1 aliphatic carbocycles. The molecule has 1 N–H and O–H groups in total. The average molecular weight is 317 g/mol. The monoisotopic (exact) mass is 317 g/mol. The van der Waals surface area contributed by atoms with Crippen LogP contribution in [0.15, 0.2) is 10.5 Å². The number of carbonyl (C=O) groups is 1. The van der Waals surface area contributed by atoms with Gasteiger partial charge in [-0.25, -0.2) is 0 Å². The Morgan fingerprint density at radius 2 is 2.26 bits per heavy atom. The molecule has 1 saturated carbocycles. The number of nitrogens with one attached hydrogen (secondary N) is 1. The maximum atomic E-state index is 12.9. The molecule has 7 heteroatoms. The zero-order valence-corrected chi connectivity index (χ0v) is 13.9. The highest BCUT2D eigenvalue weighted by Gasteiger charge is 2.29. The predicted octanol–water partition coefficient (Wildman–Crippen LogP) is 2.32. The van der Waals surface area contributed by atoms with E-state index in [1.165, 1.54) is 12.8 Å². The molecule has 0 unspecified atom stereocenters. The van der Waals surface area contributed by atoms with E-state index in [0.717, 1.165) is 12.3 Å². The number of hydrogen-bond donors (Lipinski definition) is 1. The number of aromatic amines is 1. The fraction of sp³-hybridized carbons (Fsp3) is 0.625. The molecular formula is C16H23N5O2. The largest absolute Gasteiger partial charge is 0.465 e. The molecule has 7 nitrogen and oxygen atoms in total. The summed E-state index contributed by atoms with van der Waals surface area (Å²) in [4.78, 5) is 14.8. The minimum atomic E-state index is 0.0357. The lowest BCUT2D eigenvalue weighted by Crippen LogP contribution is -2.35. The van der Waals surface area contributed by atoms with Gasteiger partial charge in [0.1, 0.15) is 11.5 Å². The first-order chi connectivity index (χ1) is 11.0. The van der Waals surface area contributed by atoms with Crippen molar-refractivity contribution in [1.29, 1.82) is 0 Å². The van der Waals surface area contributed by atoms with Crippen molar-refractivity contribution < 1.29 is 9.21 Å². The number of amides is 1. The van der Waals surface area contributed by atoms with Crippen LogP contribution < -0.4 is 0 Å². The van der Waals surface area contributed by atoms with Gasteiger partial charge in [-0.15, -0.1) is 10.2 Å². The summed E-state index contributed by atoms with van der Waals surface area (Å²) >= 11 is 0. The van der Waals surface area contributed by atoms with Crippen molar-refractivity contribution >= 4 is 5.91 Å². The number of nitrogens with zero attached hydrogens (tertiary/aromatic N) is 4. The van der Waals surface area contributed by atoms with E-state index in [-0.39, 0.29) is 11.8 Å². The highest BCUT2D eigenvalue weighted by molar-refractivity contribution is 5.95. The molecule has 0 aliphatic heterocycles. The summed E-state index contributed by atoms with van der Waals surface area (Å²) in [5, 5.41) is 13.9. The number of rotatable bonds is 7. The second-order valence-corrected chi connectivity index (χ2v) is 6.55. The number of tetrazole rings is 1. The molecule has 1 amide bonds. The molecule has 0 bridgehead atoms. The van der Waals surface area contributed by atoms with Crippen LogP contribution in [-0.4, -0.2) is 44.5 Å². The van der Waals surface area contributed by atoms with Crippen molar-refractivity contribution in [3.8, 4) is 0 Å². The van der Waals surface area contributed by atoms with Crippen molar-refractivity contribution in [3.63, 3.8) is 0 Å². The number of H-pyrrole nitrogens is 1. The van der Waals surface area contributed by atoms with Gasteiger partial charge in [0.15, 0.2) is 5.82 Å². The van der Waals surface area contributed by atoms with Crippen LogP contribution in [0.5, 0.6) is 0 Å². The summed E-state index contributed by atoms with van der Waals surface area (Å²) in [7, 11) is 0. The molecule has 2 aromatic rings. The van der Waals surface area contributed by atoms with Gasteiger partial charge in [-0.1, -0.05) is 19.1 Å². The minimum absolute atomic E-state index is 0.0357. The van der Waals surface area contributed by atoms with Crippen LogP contribution in [0, 0.1) is 12.8 Å². The lowest BCUT2D eigenvalue weighted by atomic mass is 10.1. The zero-order valence-electron chi connectivity index (χ0n) is 13.9. The van der Waals surface area contributed by atoms with Crippen molar-refractivity contribution in [1.82, 2.24) is 25.5 Å². The highest BCUT2D eigenvalue weighted by atomic mass is 16.3. The SMILES string of the molecule is Cc1oc(C(C)C)cc1C(=O)N(CCc1nn[nH]n1)CC1CC1. The van der Waals surface area contributed by atoms with Crippen LogP contribution in [0.1, 0.15) is 60.3 Å². The van der Waals surface area contributed by atoms with Gasteiger partial charge in [0.05, 0.1) is 5.56 Å². The Bertz CT molecular complexity index is 658. The smallest absolute Gasteiger partial charge is 0.257 e. The summed E-state index contributed by atoms with van der Waals surface area (Å²) < 4.78 is 5.73. The highest BCUT2D eigenvalue weighted by Crippen LogP contribution is 2.31. The molecule has 124 valence electrons. The Kier molecular flexibility index (Phi) is 4.45. The van der Waals surface area contributed by atoms with Crippen molar-refractivity contribution in [2.45, 2.75) is 46.0 Å². The summed E-state index contributed by atoms with van der Waals surface area (Å²) in [6, 6.07) is 1.89. The first kappa shape index (κ1) is 15.7. The summed E-state index contributed by atoms with van der Waals surface area (Å²) in [6.45, 7) is 7.36.